The molecule has 2 heterocycles. The minimum Gasteiger partial charge on any atom is -0.735 e. The molecule has 1 saturated heterocycles. The molecule has 7 heteroatoms. The van der Waals surface area contributed by atoms with Gasteiger partial charge in [0.25, 0.3) is 0 Å². The van der Waals surface area contributed by atoms with E-state index in [2.05, 4.69) is 77.1 Å². The van der Waals surface area contributed by atoms with Crippen LogP contribution in [-0.4, -0.2) is 37.2 Å². The highest BCUT2D eigenvalue weighted by molar-refractivity contribution is 7.83. The predicted molar refractivity (Wildman–Crippen MR) is 131 cm³/mol. The van der Waals surface area contributed by atoms with Gasteiger partial charge in [-0.3, -0.25) is 0 Å². The Morgan fingerprint density at radius 2 is 1.67 bits per heavy atom. The summed E-state index contributed by atoms with van der Waals surface area (Å²) in [7, 11) is -1.89. The Hall–Kier alpha value is -2.19. The van der Waals surface area contributed by atoms with Gasteiger partial charge in [-0.15, -0.1) is 0 Å². The zero-order valence-corrected chi connectivity index (χ0v) is 20.2. The van der Waals surface area contributed by atoms with Crippen molar-refractivity contribution < 1.29 is 17.9 Å². The second kappa shape index (κ2) is 10.8. The van der Waals surface area contributed by atoms with E-state index in [1.807, 2.05) is 0 Å². The van der Waals surface area contributed by atoms with Crippen molar-refractivity contribution in [3.63, 3.8) is 0 Å². The molecular weight excluding hydrogens is 434 g/mol. The lowest BCUT2D eigenvalue weighted by Gasteiger charge is -2.23. The molecule has 2 aliphatic rings. The third kappa shape index (κ3) is 6.44. The Kier molecular flexibility index (Phi) is 7.86. The van der Waals surface area contributed by atoms with Gasteiger partial charge in [-0.25, -0.2) is 13.1 Å². The smallest absolute Gasteiger partial charge is 0.159 e. The summed E-state index contributed by atoms with van der Waals surface area (Å²) in [5.74, 6) is 0. The Balaban J connectivity index is 0.000000200. The lowest BCUT2D eigenvalue weighted by Crippen LogP contribution is -3.07. The molecule has 2 unspecified atom stereocenters. The van der Waals surface area contributed by atoms with Crippen LogP contribution < -0.4 is 9.62 Å². The minimum absolute atomic E-state index is 0.105. The maximum atomic E-state index is 10.2. The van der Waals surface area contributed by atoms with Crippen LogP contribution in [0.5, 0.6) is 0 Å². The number of benzene rings is 2. The summed E-state index contributed by atoms with van der Waals surface area (Å²) < 4.78 is 35.2. The van der Waals surface area contributed by atoms with Crippen molar-refractivity contribution in [3.8, 4) is 0 Å². The van der Waals surface area contributed by atoms with Crippen molar-refractivity contribution in [2.75, 3.05) is 13.6 Å². The molecule has 1 aromatic heterocycles. The van der Waals surface area contributed by atoms with Gasteiger partial charge in [-0.1, -0.05) is 67.8 Å². The summed E-state index contributed by atoms with van der Waals surface area (Å²) in [6.45, 7) is 2.25. The molecule has 1 aliphatic heterocycles. The van der Waals surface area contributed by atoms with Crippen LogP contribution in [0.2, 0.25) is 0 Å². The number of quaternary nitrogens is 1. The Morgan fingerprint density at radius 1 is 0.970 bits per heavy atom. The number of fused-ring (bicyclic) bond motifs is 1. The van der Waals surface area contributed by atoms with Crippen molar-refractivity contribution >= 4 is 21.2 Å². The highest BCUT2D eigenvalue weighted by Crippen LogP contribution is 2.29. The number of nitrogens with one attached hydrogen (secondary N) is 2. The van der Waals surface area contributed by atoms with Gasteiger partial charge in [-0.2, -0.15) is 0 Å². The van der Waals surface area contributed by atoms with E-state index < -0.39 is 10.3 Å². The zero-order valence-electron chi connectivity index (χ0n) is 19.4. The van der Waals surface area contributed by atoms with E-state index in [1.165, 1.54) is 41.4 Å². The summed E-state index contributed by atoms with van der Waals surface area (Å²) >= 11 is 0. The molecule has 3 aromatic rings. The number of likely N-dealkylation sites (tertiary alicyclic amines) is 1. The van der Waals surface area contributed by atoms with E-state index in [0.29, 0.717) is 6.04 Å². The van der Waals surface area contributed by atoms with E-state index in [-0.39, 0.29) is 6.04 Å². The summed E-state index contributed by atoms with van der Waals surface area (Å²) in [5, 5.41) is 1.43. The number of hydrogen-bond acceptors (Lipinski definition) is 3. The average molecular weight is 470 g/mol. The maximum Gasteiger partial charge on any atom is 0.159 e. The van der Waals surface area contributed by atoms with Gasteiger partial charge in [0.15, 0.2) is 10.3 Å². The molecule has 0 bridgehead atoms. The van der Waals surface area contributed by atoms with Crippen LogP contribution >= 0.6 is 0 Å². The van der Waals surface area contributed by atoms with E-state index >= 15 is 0 Å². The van der Waals surface area contributed by atoms with Crippen LogP contribution in [0.3, 0.4) is 0 Å². The molecule has 2 N–H and O–H groups in total. The fourth-order valence-corrected chi connectivity index (χ4v) is 5.96. The number of hydrogen-bond donors (Lipinski definition) is 2. The van der Waals surface area contributed by atoms with E-state index in [0.717, 1.165) is 38.6 Å². The van der Waals surface area contributed by atoms with Crippen molar-refractivity contribution in [2.24, 2.45) is 0 Å². The van der Waals surface area contributed by atoms with E-state index in [4.69, 9.17) is 0 Å². The molecule has 0 amide bonds. The molecule has 1 aliphatic carbocycles. The van der Waals surface area contributed by atoms with Gasteiger partial charge >= 0.3 is 0 Å². The largest absolute Gasteiger partial charge is 0.735 e. The number of rotatable bonds is 5. The van der Waals surface area contributed by atoms with Crippen molar-refractivity contribution in [1.29, 1.82) is 0 Å². The monoisotopic (exact) mass is 469 g/mol. The number of nitrogens with zero attached hydrogens (tertiary/aromatic N) is 1. The van der Waals surface area contributed by atoms with Crippen molar-refractivity contribution in [3.05, 3.63) is 71.9 Å². The normalized spacial score (nSPS) is 21.6. The topological polar surface area (TPSA) is 78.6 Å². The highest BCUT2D eigenvalue weighted by atomic mass is 32.2. The van der Waals surface area contributed by atoms with Crippen LogP contribution in [0, 0.1) is 0 Å². The third-order valence-electron chi connectivity index (χ3n) is 6.97. The van der Waals surface area contributed by atoms with Gasteiger partial charge in [0.1, 0.15) is 6.04 Å². The lowest BCUT2D eigenvalue weighted by atomic mass is 9.96. The highest BCUT2D eigenvalue weighted by Gasteiger charge is 2.29. The first-order chi connectivity index (χ1) is 15.9. The summed E-state index contributed by atoms with van der Waals surface area (Å²) in [6, 6.07) is 20.2. The van der Waals surface area contributed by atoms with Crippen LogP contribution in [0.1, 0.15) is 62.1 Å². The fourth-order valence-electron chi connectivity index (χ4n) is 5.31. The Morgan fingerprint density at radius 3 is 2.33 bits per heavy atom. The molecule has 2 aromatic carbocycles. The van der Waals surface area contributed by atoms with Gasteiger partial charge < -0.3 is 14.0 Å². The molecule has 2 atom stereocenters. The van der Waals surface area contributed by atoms with Gasteiger partial charge in [-0.05, 0) is 24.5 Å². The van der Waals surface area contributed by atoms with Gasteiger partial charge in [0.05, 0.1) is 13.6 Å². The third-order valence-corrected chi connectivity index (χ3v) is 7.59. The lowest BCUT2D eigenvalue weighted by molar-refractivity contribution is -0.898. The average Bonchev–Trinajstić information content (AvgIpc) is 3.38. The molecule has 6 nitrogen and oxygen atoms in total. The molecule has 0 radical (unpaired) electrons. The Labute approximate surface area is 197 Å². The summed E-state index contributed by atoms with van der Waals surface area (Å²) in [6.07, 6.45) is 9.86. The van der Waals surface area contributed by atoms with Crippen molar-refractivity contribution in [2.45, 2.75) is 63.6 Å². The fraction of sp³-hybridized carbons (Fsp3) is 0.462. The molecule has 0 spiro atoms. The SMILES string of the molecule is C[NH+]1CCCC1c1cn(Cc2ccccc2)c2ccccc12.O=S(=O)([O-])NC1CCCCC1. The first-order valence-corrected chi connectivity index (χ1v) is 13.5. The molecule has 33 heavy (non-hydrogen) atoms. The quantitative estimate of drug-likeness (QED) is 0.562. The maximum absolute atomic E-state index is 10.2. The van der Waals surface area contributed by atoms with E-state index in [9.17, 15) is 13.0 Å². The van der Waals surface area contributed by atoms with Gasteiger partial charge in [0.2, 0.25) is 0 Å². The second-order valence-corrected chi connectivity index (χ2v) is 10.6. The van der Waals surface area contributed by atoms with Crippen LogP contribution in [-0.2, 0) is 16.8 Å². The first-order valence-electron chi connectivity index (χ1n) is 12.1. The van der Waals surface area contributed by atoms with Crippen LogP contribution in [0.4, 0.5) is 0 Å². The summed E-state index contributed by atoms with van der Waals surface area (Å²) in [4.78, 5) is 1.66. The second-order valence-electron chi connectivity index (χ2n) is 9.41. The molecule has 1 saturated carbocycles. The molecule has 2 fully saturated rings. The molecular formula is C26H35N3O3S. The van der Waals surface area contributed by atoms with Crippen LogP contribution in [0.25, 0.3) is 10.9 Å². The van der Waals surface area contributed by atoms with E-state index in [1.54, 1.807) is 4.90 Å². The first kappa shape index (κ1) is 24.0. The predicted octanol–water partition coefficient (Wildman–Crippen LogP) is 3.41. The zero-order chi connectivity index (χ0) is 23.3. The molecule has 178 valence electrons. The van der Waals surface area contributed by atoms with Crippen LogP contribution in [0.15, 0.2) is 60.8 Å². The number of aromatic nitrogens is 1. The number of para-hydroxylation sites is 1. The Bertz CT molecular complexity index is 1140. The molecule has 5 rings (SSSR count). The minimum atomic E-state index is -4.22. The van der Waals surface area contributed by atoms with Crippen molar-refractivity contribution in [1.82, 2.24) is 9.29 Å². The summed E-state index contributed by atoms with van der Waals surface area (Å²) in [5.41, 5.74) is 4.25. The standard InChI is InChI=1S/C20H22N2.C6H13NO3S/c1-21-13-7-12-19(21)18-15-22(14-16-8-3-2-4-9-16)20-11-6-5-10-17(18)20;8-11(9,10)7-6-4-2-1-3-5-6/h2-6,8-11,15,19H,7,12-14H2,1H3;6-7H,1-5H2,(H,8,9,10). The van der Waals surface area contributed by atoms with Gasteiger partial charge in [0, 0.05) is 48.1 Å².